The molecule has 0 bridgehead atoms. The van der Waals surface area contributed by atoms with Crippen LogP contribution >= 0.6 is 15.9 Å². The molecule has 0 saturated carbocycles. The summed E-state index contributed by atoms with van der Waals surface area (Å²) >= 11 is 3.25. The minimum absolute atomic E-state index is 0.672. The van der Waals surface area contributed by atoms with Crippen LogP contribution in [0.4, 0.5) is 5.82 Å². The Morgan fingerprint density at radius 1 is 1.38 bits per heavy atom. The van der Waals surface area contributed by atoms with E-state index in [9.17, 15) is 0 Å². The smallest absolute Gasteiger partial charge is 0.183 e. The van der Waals surface area contributed by atoms with Crippen molar-refractivity contribution in [2.45, 2.75) is 0 Å². The number of anilines is 1. The van der Waals surface area contributed by atoms with Gasteiger partial charge in [-0.3, -0.25) is 0 Å². The lowest BCUT2D eigenvalue weighted by molar-refractivity contribution is 1.05. The highest BCUT2D eigenvalue weighted by molar-refractivity contribution is 9.10. The predicted molar refractivity (Wildman–Crippen MR) is 53.7 cm³/mol. The molecule has 0 atom stereocenters. The maximum absolute atomic E-state index is 4.14. The van der Waals surface area contributed by atoms with Crippen LogP contribution in [-0.2, 0) is 0 Å². The number of aromatic nitrogens is 4. The van der Waals surface area contributed by atoms with E-state index in [2.05, 4.69) is 35.9 Å². The van der Waals surface area contributed by atoms with Crippen molar-refractivity contribution in [2.24, 2.45) is 0 Å². The maximum atomic E-state index is 4.14. The molecule has 0 unspecified atom stereocenters. The summed E-state index contributed by atoms with van der Waals surface area (Å²) in [5.74, 6) is 0.836. The first-order valence-electron chi connectivity index (χ1n) is 3.72. The average molecular weight is 242 g/mol. The molecule has 68 valence electrons. The normalized spacial score (nSPS) is 10.7. The first-order valence-corrected chi connectivity index (χ1v) is 4.51. The van der Waals surface area contributed by atoms with E-state index in [4.69, 9.17) is 0 Å². The lowest BCUT2D eigenvalue weighted by Gasteiger charge is -2.10. The standard InChI is InChI=1S/C7H8BrN5/c1-13(2)6-4-5(9-3-10-6)12-7(8)11-4/h3H,1-2H3,(H,9,10,11,12). The van der Waals surface area contributed by atoms with E-state index in [1.807, 2.05) is 19.0 Å². The number of hydrogen-bond acceptors (Lipinski definition) is 4. The fraction of sp³-hybridized carbons (Fsp3) is 0.286. The van der Waals surface area contributed by atoms with Crippen LogP contribution in [-0.4, -0.2) is 34.0 Å². The van der Waals surface area contributed by atoms with Gasteiger partial charge in [0, 0.05) is 14.1 Å². The Balaban J connectivity index is 2.75. The Morgan fingerprint density at radius 2 is 2.15 bits per heavy atom. The van der Waals surface area contributed by atoms with Crippen LogP contribution in [0, 0.1) is 0 Å². The van der Waals surface area contributed by atoms with Gasteiger partial charge < -0.3 is 9.88 Å². The van der Waals surface area contributed by atoms with Crippen LogP contribution in [0.5, 0.6) is 0 Å². The first kappa shape index (κ1) is 8.43. The zero-order chi connectivity index (χ0) is 9.42. The van der Waals surface area contributed by atoms with Gasteiger partial charge in [-0.2, -0.15) is 0 Å². The number of nitrogens with one attached hydrogen (secondary N) is 1. The molecule has 0 aliphatic carbocycles. The van der Waals surface area contributed by atoms with Gasteiger partial charge in [0.2, 0.25) is 0 Å². The first-order chi connectivity index (χ1) is 6.18. The number of nitrogens with zero attached hydrogens (tertiary/aromatic N) is 4. The molecule has 0 saturated heterocycles. The van der Waals surface area contributed by atoms with Crippen LogP contribution < -0.4 is 4.90 Å². The van der Waals surface area contributed by atoms with Crippen LogP contribution in [0.2, 0.25) is 0 Å². The Morgan fingerprint density at radius 3 is 2.85 bits per heavy atom. The summed E-state index contributed by atoms with van der Waals surface area (Å²) < 4.78 is 0.672. The summed E-state index contributed by atoms with van der Waals surface area (Å²) in [7, 11) is 3.85. The van der Waals surface area contributed by atoms with Crippen LogP contribution in [0.3, 0.4) is 0 Å². The second-order valence-corrected chi connectivity index (χ2v) is 3.57. The molecule has 0 aliphatic rings. The molecule has 0 aliphatic heterocycles. The number of aromatic amines is 1. The van der Waals surface area contributed by atoms with Gasteiger partial charge in [0.05, 0.1) is 0 Å². The molecule has 2 rings (SSSR count). The summed E-state index contributed by atoms with van der Waals surface area (Å²) in [5, 5.41) is 0. The van der Waals surface area contributed by atoms with E-state index in [1.54, 1.807) is 0 Å². The number of fused-ring (bicyclic) bond motifs is 1. The van der Waals surface area contributed by atoms with Gasteiger partial charge in [-0.25, -0.2) is 15.0 Å². The number of halogens is 1. The zero-order valence-electron chi connectivity index (χ0n) is 7.24. The van der Waals surface area contributed by atoms with Crippen molar-refractivity contribution >= 4 is 32.9 Å². The number of H-pyrrole nitrogens is 1. The fourth-order valence-electron chi connectivity index (χ4n) is 1.13. The molecular weight excluding hydrogens is 234 g/mol. The predicted octanol–water partition coefficient (Wildman–Crippen LogP) is 1.18. The quantitative estimate of drug-likeness (QED) is 0.763. The minimum Gasteiger partial charge on any atom is -0.361 e. The Bertz CT molecular complexity index is 435. The van der Waals surface area contributed by atoms with E-state index < -0.39 is 0 Å². The summed E-state index contributed by atoms with van der Waals surface area (Å²) in [6.45, 7) is 0. The molecule has 13 heavy (non-hydrogen) atoms. The second-order valence-electron chi connectivity index (χ2n) is 2.82. The zero-order valence-corrected chi connectivity index (χ0v) is 8.83. The SMILES string of the molecule is CN(C)c1ncnc2nc(Br)[nH]c12. The van der Waals surface area contributed by atoms with Crippen molar-refractivity contribution in [2.75, 3.05) is 19.0 Å². The van der Waals surface area contributed by atoms with Crippen molar-refractivity contribution in [1.29, 1.82) is 0 Å². The summed E-state index contributed by atoms with van der Waals surface area (Å²) in [4.78, 5) is 17.3. The van der Waals surface area contributed by atoms with Gasteiger partial charge in [0.15, 0.2) is 16.2 Å². The van der Waals surface area contributed by atoms with Crippen molar-refractivity contribution in [1.82, 2.24) is 19.9 Å². The summed E-state index contributed by atoms with van der Waals surface area (Å²) in [6, 6.07) is 0. The highest BCUT2D eigenvalue weighted by Gasteiger charge is 2.08. The number of imidazole rings is 1. The van der Waals surface area contributed by atoms with Gasteiger partial charge in [0.1, 0.15) is 11.8 Å². The molecule has 2 aromatic heterocycles. The third-order valence-corrected chi connectivity index (χ3v) is 2.04. The number of rotatable bonds is 1. The van der Waals surface area contributed by atoms with Crippen molar-refractivity contribution in [3.8, 4) is 0 Å². The average Bonchev–Trinajstić information content (AvgIpc) is 2.43. The van der Waals surface area contributed by atoms with Gasteiger partial charge in [0.25, 0.3) is 0 Å². The van der Waals surface area contributed by atoms with Gasteiger partial charge >= 0.3 is 0 Å². The molecule has 1 N–H and O–H groups in total. The molecule has 0 aromatic carbocycles. The third-order valence-electron chi connectivity index (χ3n) is 1.66. The second kappa shape index (κ2) is 2.95. The van der Waals surface area contributed by atoms with Gasteiger partial charge in [-0.1, -0.05) is 0 Å². The van der Waals surface area contributed by atoms with Crippen molar-refractivity contribution in [3.05, 3.63) is 11.1 Å². The highest BCUT2D eigenvalue weighted by Crippen LogP contribution is 2.20. The molecule has 5 nitrogen and oxygen atoms in total. The maximum Gasteiger partial charge on any atom is 0.183 e. The molecule has 0 fully saturated rings. The molecular formula is C7H8BrN5. The molecule has 2 heterocycles. The molecule has 0 radical (unpaired) electrons. The third kappa shape index (κ3) is 1.37. The monoisotopic (exact) mass is 241 g/mol. The minimum atomic E-state index is 0.672. The molecule has 0 amide bonds. The summed E-state index contributed by atoms with van der Waals surface area (Å²) in [6.07, 6.45) is 1.50. The van der Waals surface area contributed by atoms with Crippen LogP contribution in [0.1, 0.15) is 0 Å². The van der Waals surface area contributed by atoms with Crippen LogP contribution in [0.25, 0.3) is 11.2 Å². The molecule has 2 aromatic rings. The van der Waals surface area contributed by atoms with Crippen LogP contribution in [0.15, 0.2) is 11.1 Å². The van der Waals surface area contributed by atoms with E-state index >= 15 is 0 Å². The molecule has 0 spiro atoms. The Hall–Kier alpha value is -1.17. The van der Waals surface area contributed by atoms with Gasteiger partial charge in [-0.05, 0) is 15.9 Å². The van der Waals surface area contributed by atoms with E-state index in [1.165, 1.54) is 6.33 Å². The number of hydrogen-bond donors (Lipinski definition) is 1. The summed E-state index contributed by atoms with van der Waals surface area (Å²) in [5.41, 5.74) is 1.52. The van der Waals surface area contributed by atoms with E-state index in [0.29, 0.717) is 10.4 Å². The highest BCUT2D eigenvalue weighted by atomic mass is 79.9. The van der Waals surface area contributed by atoms with Crippen molar-refractivity contribution in [3.63, 3.8) is 0 Å². The van der Waals surface area contributed by atoms with Crippen molar-refractivity contribution < 1.29 is 0 Å². The Kier molecular flexibility index (Phi) is 1.91. The van der Waals surface area contributed by atoms with Gasteiger partial charge in [-0.15, -0.1) is 0 Å². The van der Waals surface area contributed by atoms with E-state index in [-0.39, 0.29) is 0 Å². The topological polar surface area (TPSA) is 57.7 Å². The lowest BCUT2D eigenvalue weighted by Crippen LogP contribution is -2.11. The Labute approximate surface area is 83.3 Å². The lowest BCUT2D eigenvalue weighted by atomic mass is 10.5. The largest absolute Gasteiger partial charge is 0.361 e. The molecule has 6 heteroatoms. The van der Waals surface area contributed by atoms with E-state index in [0.717, 1.165) is 11.3 Å². The fourth-order valence-corrected chi connectivity index (χ4v) is 1.49.